The molecule has 0 aliphatic rings. The monoisotopic (exact) mass is 562 g/mol. The molecule has 0 amide bonds. The third kappa shape index (κ3) is 4.69. The van der Waals surface area contributed by atoms with Crippen LogP contribution in [0.5, 0.6) is 0 Å². The van der Waals surface area contributed by atoms with Crippen molar-refractivity contribution in [3.8, 4) is 56.4 Å². The van der Waals surface area contributed by atoms with Gasteiger partial charge >= 0.3 is 0 Å². The summed E-state index contributed by atoms with van der Waals surface area (Å²) in [5, 5.41) is 3.38. The topological polar surface area (TPSA) is 51.6 Å². The second-order valence-electron chi connectivity index (χ2n) is 10.7. The molecular weight excluding hydrogens is 536 g/mol. The van der Waals surface area contributed by atoms with Crippen LogP contribution < -0.4 is 0 Å². The fourth-order valence-electron chi connectivity index (χ4n) is 5.84. The molecule has 0 radical (unpaired) electrons. The van der Waals surface area contributed by atoms with Crippen molar-refractivity contribution >= 4 is 21.7 Å². The predicted octanol–water partition coefficient (Wildman–Crippen LogP) is 9.91. The minimum atomic E-state index is 0.652. The number of para-hydroxylation sites is 1. The Kier molecular flexibility index (Phi) is 6.43. The average Bonchev–Trinajstić information content (AvgIpc) is 3.11. The maximum atomic E-state index is 4.99. The van der Waals surface area contributed by atoms with E-state index in [2.05, 4.69) is 89.9 Å². The van der Waals surface area contributed by atoms with Gasteiger partial charge in [-0.15, -0.1) is 0 Å². The summed E-state index contributed by atoms with van der Waals surface area (Å²) < 4.78 is 0. The van der Waals surface area contributed by atoms with Gasteiger partial charge in [0.1, 0.15) is 0 Å². The fourth-order valence-corrected chi connectivity index (χ4v) is 5.84. The van der Waals surface area contributed by atoms with Crippen molar-refractivity contribution in [3.63, 3.8) is 0 Å². The van der Waals surface area contributed by atoms with Gasteiger partial charge in [0.05, 0.1) is 5.52 Å². The van der Waals surface area contributed by atoms with E-state index in [4.69, 9.17) is 15.0 Å². The molecule has 8 rings (SSSR count). The number of aromatic nitrogens is 4. The first-order valence-corrected chi connectivity index (χ1v) is 14.7. The number of rotatable bonds is 5. The van der Waals surface area contributed by atoms with Crippen molar-refractivity contribution in [2.75, 3.05) is 0 Å². The molecule has 0 saturated heterocycles. The smallest absolute Gasteiger partial charge is 0.164 e. The lowest BCUT2D eigenvalue weighted by molar-refractivity contribution is 1.08. The van der Waals surface area contributed by atoms with Crippen LogP contribution in [-0.2, 0) is 0 Å². The summed E-state index contributed by atoms with van der Waals surface area (Å²) in [6, 6.07) is 52.2. The highest BCUT2D eigenvalue weighted by molar-refractivity contribution is 6.04. The van der Waals surface area contributed by atoms with Crippen LogP contribution in [0.1, 0.15) is 0 Å². The molecule has 0 bridgehead atoms. The van der Waals surface area contributed by atoms with E-state index < -0.39 is 0 Å². The van der Waals surface area contributed by atoms with Gasteiger partial charge < -0.3 is 0 Å². The molecule has 0 spiro atoms. The highest BCUT2D eigenvalue weighted by Gasteiger charge is 2.16. The number of pyridine rings is 1. The predicted molar refractivity (Wildman–Crippen MR) is 180 cm³/mol. The molecule has 2 aromatic heterocycles. The van der Waals surface area contributed by atoms with E-state index in [1.165, 1.54) is 0 Å². The Morgan fingerprint density at radius 3 is 1.50 bits per heavy atom. The van der Waals surface area contributed by atoms with Crippen LogP contribution in [0.2, 0.25) is 0 Å². The largest absolute Gasteiger partial charge is 0.256 e. The average molecular weight is 563 g/mol. The lowest BCUT2D eigenvalue weighted by Gasteiger charge is -2.13. The zero-order valence-corrected chi connectivity index (χ0v) is 23.8. The molecule has 206 valence electrons. The molecular formula is C40H26N4. The van der Waals surface area contributed by atoms with Crippen LogP contribution >= 0.6 is 0 Å². The first-order chi connectivity index (χ1) is 21.8. The Hall–Kier alpha value is -6.00. The minimum Gasteiger partial charge on any atom is -0.256 e. The molecule has 44 heavy (non-hydrogen) atoms. The Bertz CT molecular complexity index is 2200. The Morgan fingerprint density at radius 2 is 0.841 bits per heavy atom. The lowest BCUT2D eigenvalue weighted by atomic mass is 9.93. The van der Waals surface area contributed by atoms with Gasteiger partial charge in [-0.3, -0.25) is 4.98 Å². The van der Waals surface area contributed by atoms with Crippen LogP contribution in [0.15, 0.2) is 158 Å². The highest BCUT2D eigenvalue weighted by Crippen LogP contribution is 2.37. The van der Waals surface area contributed by atoms with Crippen molar-refractivity contribution in [1.29, 1.82) is 0 Å². The Morgan fingerprint density at radius 1 is 0.318 bits per heavy atom. The molecule has 6 aromatic carbocycles. The molecule has 0 N–H and O–H groups in total. The molecule has 0 aliphatic carbocycles. The second-order valence-corrected chi connectivity index (χ2v) is 10.7. The summed E-state index contributed by atoms with van der Waals surface area (Å²) in [6.45, 7) is 0. The number of nitrogens with zero attached hydrogens (tertiary/aromatic N) is 4. The van der Waals surface area contributed by atoms with E-state index in [9.17, 15) is 0 Å². The van der Waals surface area contributed by atoms with Crippen LogP contribution in [-0.4, -0.2) is 19.9 Å². The summed E-state index contributed by atoms with van der Waals surface area (Å²) in [5.41, 5.74) is 8.48. The molecule has 0 unspecified atom stereocenters. The Labute approximate surface area is 255 Å². The van der Waals surface area contributed by atoms with E-state index in [1.54, 1.807) is 0 Å². The van der Waals surface area contributed by atoms with Crippen LogP contribution in [0.4, 0.5) is 0 Å². The number of fused-ring (bicyclic) bond motifs is 2. The molecule has 0 atom stereocenters. The van der Waals surface area contributed by atoms with Crippen molar-refractivity contribution in [2.24, 2.45) is 0 Å². The molecule has 0 saturated carbocycles. The van der Waals surface area contributed by atoms with Crippen molar-refractivity contribution in [1.82, 2.24) is 19.9 Å². The normalized spacial score (nSPS) is 11.2. The molecule has 0 fully saturated rings. The van der Waals surface area contributed by atoms with Gasteiger partial charge in [0.25, 0.3) is 0 Å². The van der Waals surface area contributed by atoms with Gasteiger partial charge in [0.15, 0.2) is 17.5 Å². The zero-order valence-electron chi connectivity index (χ0n) is 23.8. The number of hydrogen-bond donors (Lipinski definition) is 0. The SMILES string of the molecule is c1ccc(-c2nc(-c3ccccc3)nc(-c3ccc(-c4ccc(-c5cccc6cccnc56)cc4)c4ccccc34)n2)cc1. The van der Waals surface area contributed by atoms with Crippen LogP contribution in [0.3, 0.4) is 0 Å². The third-order valence-corrected chi connectivity index (χ3v) is 8.00. The maximum absolute atomic E-state index is 4.99. The van der Waals surface area contributed by atoms with Gasteiger partial charge in [0.2, 0.25) is 0 Å². The molecule has 8 aromatic rings. The minimum absolute atomic E-state index is 0.652. The molecule has 4 nitrogen and oxygen atoms in total. The van der Waals surface area contributed by atoms with Gasteiger partial charge in [-0.05, 0) is 39.6 Å². The number of hydrogen-bond acceptors (Lipinski definition) is 4. The van der Waals surface area contributed by atoms with Crippen molar-refractivity contribution in [3.05, 3.63) is 158 Å². The summed E-state index contributed by atoms with van der Waals surface area (Å²) in [7, 11) is 0. The first kappa shape index (κ1) is 25.7. The quantitative estimate of drug-likeness (QED) is 0.209. The van der Waals surface area contributed by atoms with Gasteiger partial charge in [-0.2, -0.15) is 0 Å². The van der Waals surface area contributed by atoms with Crippen LogP contribution in [0.25, 0.3) is 78.1 Å². The molecule has 0 aliphatic heterocycles. The molecule has 4 heteroatoms. The zero-order chi connectivity index (χ0) is 29.3. The first-order valence-electron chi connectivity index (χ1n) is 14.7. The summed E-state index contributed by atoms with van der Waals surface area (Å²) in [4.78, 5) is 19.5. The van der Waals surface area contributed by atoms with E-state index >= 15 is 0 Å². The van der Waals surface area contributed by atoms with Gasteiger partial charge in [-0.25, -0.2) is 15.0 Å². The number of benzene rings is 6. The second kappa shape index (κ2) is 11.0. The van der Waals surface area contributed by atoms with Gasteiger partial charge in [-0.1, -0.05) is 140 Å². The lowest BCUT2D eigenvalue weighted by Crippen LogP contribution is -2.00. The van der Waals surface area contributed by atoms with Crippen LogP contribution in [0, 0.1) is 0 Å². The van der Waals surface area contributed by atoms with E-state index in [0.717, 1.165) is 60.6 Å². The summed E-state index contributed by atoms with van der Waals surface area (Å²) >= 11 is 0. The van der Waals surface area contributed by atoms with Crippen molar-refractivity contribution < 1.29 is 0 Å². The van der Waals surface area contributed by atoms with E-state index in [-0.39, 0.29) is 0 Å². The third-order valence-electron chi connectivity index (χ3n) is 8.00. The van der Waals surface area contributed by atoms with E-state index in [1.807, 2.05) is 72.9 Å². The summed E-state index contributed by atoms with van der Waals surface area (Å²) in [5.74, 6) is 1.96. The standard InChI is InChI=1S/C40H26N4/c1-3-11-30(12-4-1)38-42-39(31-13-5-2-6-14-31)44-40(43-38)36-25-24-32(34-17-7-8-18-35(34)36)27-20-22-28(23-21-27)33-19-9-15-29-16-10-26-41-37(29)33/h1-26H. The Balaban J connectivity index is 1.25. The maximum Gasteiger partial charge on any atom is 0.164 e. The van der Waals surface area contributed by atoms with Crippen molar-refractivity contribution in [2.45, 2.75) is 0 Å². The summed E-state index contributed by atoms with van der Waals surface area (Å²) in [6.07, 6.45) is 1.85. The van der Waals surface area contributed by atoms with Gasteiger partial charge in [0, 0.05) is 33.8 Å². The molecule has 2 heterocycles. The highest BCUT2D eigenvalue weighted by atomic mass is 15.0. The fraction of sp³-hybridized carbons (Fsp3) is 0. The van der Waals surface area contributed by atoms with E-state index in [0.29, 0.717) is 17.5 Å².